The van der Waals surface area contributed by atoms with Gasteiger partial charge in [0, 0.05) is 16.6 Å². The molecular weight excluding hydrogens is 384 g/mol. The summed E-state index contributed by atoms with van der Waals surface area (Å²) in [6.45, 7) is 0. The quantitative estimate of drug-likeness (QED) is 0.496. The summed E-state index contributed by atoms with van der Waals surface area (Å²) in [6, 6.07) is 17.8. The normalized spacial score (nSPS) is 14.5. The minimum Gasteiger partial charge on any atom is -0.383 e. The van der Waals surface area contributed by atoms with Crippen LogP contribution in [0.15, 0.2) is 54.6 Å². The van der Waals surface area contributed by atoms with Gasteiger partial charge in [0.05, 0.1) is 16.8 Å². The fraction of sp³-hybridized carbons (Fsp3) is 0.227. The number of nitrogens with two attached hydrogens (primary N) is 1. The van der Waals surface area contributed by atoms with Crippen LogP contribution in [0.4, 0.5) is 11.8 Å². The van der Waals surface area contributed by atoms with Crippen molar-refractivity contribution in [1.82, 2.24) is 19.7 Å². The van der Waals surface area contributed by atoms with Crippen molar-refractivity contribution in [3.8, 4) is 16.9 Å². The van der Waals surface area contributed by atoms with Crippen molar-refractivity contribution < 1.29 is 0 Å². The molecule has 1 saturated carbocycles. The summed E-state index contributed by atoms with van der Waals surface area (Å²) >= 11 is 6.25. The smallest absolute Gasteiger partial charge is 0.225 e. The van der Waals surface area contributed by atoms with Crippen LogP contribution in [-0.4, -0.2) is 25.8 Å². The van der Waals surface area contributed by atoms with Crippen LogP contribution in [0.3, 0.4) is 0 Å². The van der Waals surface area contributed by atoms with Gasteiger partial charge in [0.2, 0.25) is 5.95 Å². The summed E-state index contributed by atoms with van der Waals surface area (Å²) in [5, 5.41) is 9.55. The van der Waals surface area contributed by atoms with Gasteiger partial charge < -0.3 is 11.1 Å². The van der Waals surface area contributed by atoms with Crippen molar-refractivity contribution >= 4 is 34.4 Å². The van der Waals surface area contributed by atoms with E-state index in [0.29, 0.717) is 28.5 Å². The van der Waals surface area contributed by atoms with Gasteiger partial charge in [-0.1, -0.05) is 54.8 Å². The monoisotopic (exact) mass is 404 g/mol. The zero-order valence-corrected chi connectivity index (χ0v) is 16.6. The molecule has 2 aromatic heterocycles. The zero-order chi connectivity index (χ0) is 19.8. The Morgan fingerprint density at radius 3 is 2.55 bits per heavy atom. The molecule has 146 valence electrons. The van der Waals surface area contributed by atoms with E-state index in [1.165, 1.54) is 12.8 Å². The minimum atomic E-state index is 0.396. The van der Waals surface area contributed by atoms with Gasteiger partial charge in [-0.2, -0.15) is 4.98 Å². The van der Waals surface area contributed by atoms with Gasteiger partial charge in [0.1, 0.15) is 5.82 Å². The van der Waals surface area contributed by atoms with Crippen molar-refractivity contribution in [3.05, 3.63) is 59.6 Å². The molecule has 1 fully saturated rings. The Kier molecular flexibility index (Phi) is 4.56. The van der Waals surface area contributed by atoms with Crippen LogP contribution in [0.5, 0.6) is 0 Å². The van der Waals surface area contributed by atoms with Gasteiger partial charge in [-0.15, -0.1) is 5.10 Å². The molecule has 0 amide bonds. The Labute approximate surface area is 173 Å². The largest absolute Gasteiger partial charge is 0.383 e. The van der Waals surface area contributed by atoms with E-state index in [0.717, 1.165) is 35.2 Å². The molecule has 1 aliphatic rings. The van der Waals surface area contributed by atoms with Crippen LogP contribution in [0.25, 0.3) is 28.0 Å². The van der Waals surface area contributed by atoms with Crippen LogP contribution in [0.2, 0.25) is 5.02 Å². The second-order valence-electron chi connectivity index (χ2n) is 7.36. The number of halogens is 1. The van der Waals surface area contributed by atoms with Crippen molar-refractivity contribution in [3.63, 3.8) is 0 Å². The first-order chi connectivity index (χ1) is 14.2. The highest BCUT2D eigenvalue weighted by Crippen LogP contribution is 2.34. The van der Waals surface area contributed by atoms with Gasteiger partial charge in [-0.25, -0.2) is 9.67 Å². The maximum atomic E-state index is 6.53. The van der Waals surface area contributed by atoms with Crippen molar-refractivity contribution in [2.45, 2.75) is 31.7 Å². The van der Waals surface area contributed by atoms with E-state index in [1.54, 1.807) is 4.68 Å². The molecule has 3 N–H and O–H groups in total. The molecule has 6 nitrogen and oxygen atoms in total. The highest BCUT2D eigenvalue weighted by atomic mass is 35.5. The summed E-state index contributed by atoms with van der Waals surface area (Å²) in [7, 11) is 0. The fourth-order valence-electron chi connectivity index (χ4n) is 3.94. The third kappa shape index (κ3) is 3.40. The lowest BCUT2D eigenvalue weighted by Gasteiger charge is -2.13. The highest BCUT2D eigenvalue weighted by Gasteiger charge is 2.21. The number of hydrogen-bond donors (Lipinski definition) is 2. The highest BCUT2D eigenvalue weighted by molar-refractivity contribution is 6.30. The Bertz CT molecular complexity index is 1160. The van der Waals surface area contributed by atoms with Crippen molar-refractivity contribution in [2.75, 3.05) is 11.1 Å². The van der Waals surface area contributed by atoms with Crippen LogP contribution in [0, 0.1) is 0 Å². The van der Waals surface area contributed by atoms with Gasteiger partial charge in [-0.3, -0.25) is 0 Å². The Morgan fingerprint density at radius 1 is 1.00 bits per heavy atom. The minimum absolute atomic E-state index is 0.396. The molecular formula is C22H21ClN6. The third-order valence-corrected chi connectivity index (χ3v) is 5.59. The number of aromatic nitrogens is 4. The van der Waals surface area contributed by atoms with E-state index in [-0.39, 0.29) is 0 Å². The molecule has 5 rings (SSSR count). The topological polar surface area (TPSA) is 81.7 Å². The van der Waals surface area contributed by atoms with E-state index in [9.17, 15) is 0 Å². The van der Waals surface area contributed by atoms with E-state index in [1.807, 2.05) is 54.6 Å². The lowest BCUT2D eigenvalue weighted by molar-refractivity contribution is 0.745. The summed E-state index contributed by atoms with van der Waals surface area (Å²) in [5.74, 6) is 1.09. The molecule has 0 unspecified atom stereocenters. The summed E-state index contributed by atoms with van der Waals surface area (Å²) in [5.41, 5.74) is 9.60. The first-order valence-electron chi connectivity index (χ1n) is 9.83. The maximum Gasteiger partial charge on any atom is 0.225 e. The number of para-hydroxylation sites is 1. The van der Waals surface area contributed by atoms with Crippen molar-refractivity contribution in [2.24, 2.45) is 0 Å². The van der Waals surface area contributed by atoms with Gasteiger partial charge >= 0.3 is 0 Å². The molecule has 0 aliphatic heterocycles. The van der Waals surface area contributed by atoms with E-state index >= 15 is 0 Å². The predicted molar refractivity (Wildman–Crippen MR) is 117 cm³/mol. The molecule has 0 radical (unpaired) electrons. The van der Waals surface area contributed by atoms with Crippen LogP contribution >= 0.6 is 11.6 Å². The van der Waals surface area contributed by atoms with Crippen LogP contribution in [-0.2, 0) is 0 Å². The second-order valence-corrected chi connectivity index (χ2v) is 7.80. The molecule has 0 atom stereocenters. The summed E-state index contributed by atoms with van der Waals surface area (Å²) in [4.78, 5) is 9.52. The number of rotatable bonds is 4. The van der Waals surface area contributed by atoms with Gasteiger partial charge in [0.15, 0.2) is 5.65 Å². The molecule has 1 aliphatic carbocycles. The number of hydrogen-bond acceptors (Lipinski definition) is 5. The molecule has 2 heterocycles. The lowest BCUT2D eigenvalue weighted by atomic mass is 10.1. The second kappa shape index (κ2) is 7.37. The first-order valence-corrected chi connectivity index (χ1v) is 10.2. The lowest BCUT2D eigenvalue weighted by Crippen LogP contribution is -2.17. The molecule has 7 heteroatoms. The SMILES string of the molecule is Nc1c2c(-c3cccc(Cl)c3)nc(NC3CCCC3)nc2nn1-c1ccccc1. The predicted octanol–water partition coefficient (Wildman–Crippen LogP) is 5.07. The van der Waals surface area contributed by atoms with Gasteiger partial charge in [0.25, 0.3) is 0 Å². The molecule has 4 aromatic rings. The average Bonchev–Trinajstić information content (AvgIpc) is 3.36. The van der Waals surface area contributed by atoms with E-state index in [2.05, 4.69) is 10.3 Å². The third-order valence-electron chi connectivity index (χ3n) is 5.36. The zero-order valence-electron chi connectivity index (χ0n) is 15.8. The standard InChI is InChI=1S/C22H21ClN6/c23-15-8-6-7-14(13-15)19-18-20(24)29(17-11-2-1-3-12-17)28-21(18)27-22(26-19)25-16-9-4-5-10-16/h1-3,6-8,11-13,16H,4-5,9-10,24H2,(H,25,27,28). The van der Waals surface area contributed by atoms with Gasteiger partial charge in [-0.05, 0) is 37.1 Å². The fourth-order valence-corrected chi connectivity index (χ4v) is 4.13. The Balaban J connectivity index is 1.71. The molecule has 0 saturated heterocycles. The number of anilines is 2. The number of benzene rings is 2. The summed E-state index contributed by atoms with van der Waals surface area (Å²) in [6.07, 6.45) is 4.73. The van der Waals surface area contributed by atoms with E-state index < -0.39 is 0 Å². The average molecular weight is 405 g/mol. The molecule has 0 spiro atoms. The van der Waals surface area contributed by atoms with Crippen molar-refractivity contribution in [1.29, 1.82) is 0 Å². The summed E-state index contributed by atoms with van der Waals surface area (Å²) < 4.78 is 1.72. The molecule has 0 bridgehead atoms. The first kappa shape index (κ1) is 17.9. The molecule has 2 aromatic carbocycles. The number of nitrogens with one attached hydrogen (secondary N) is 1. The Hall–Kier alpha value is -3.12. The molecule has 29 heavy (non-hydrogen) atoms. The number of nitrogens with zero attached hydrogens (tertiary/aromatic N) is 4. The van der Waals surface area contributed by atoms with E-state index in [4.69, 9.17) is 27.4 Å². The maximum absolute atomic E-state index is 6.53. The van der Waals surface area contributed by atoms with Crippen LogP contribution in [0.1, 0.15) is 25.7 Å². The Morgan fingerprint density at radius 2 is 1.79 bits per heavy atom. The number of nitrogen functional groups attached to an aromatic ring is 1. The number of fused-ring (bicyclic) bond motifs is 1. The van der Waals surface area contributed by atoms with Crippen LogP contribution < -0.4 is 11.1 Å².